The van der Waals surface area contributed by atoms with E-state index in [9.17, 15) is 5.11 Å². The molecule has 10 aromatic rings. The van der Waals surface area contributed by atoms with E-state index in [-0.39, 0.29) is 0 Å². The summed E-state index contributed by atoms with van der Waals surface area (Å²) in [6.45, 7) is 0. The van der Waals surface area contributed by atoms with E-state index in [1.165, 1.54) is 25.7 Å². The Morgan fingerprint density at radius 1 is 0.441 bits per heavy atom. The van der Waals surface area contributed by atoms with E-state index < -0.39 is 5.69 Å². The first kappa shape index (κ1) is 35.0. The zero-order chi connectivity index (χ0) is 39.5. The van der Waals surface area contributed by atoms with Gasteiger partial charge in [0.15, 0.2) is 31.0 Å². The monoisotopic (exact) mass is 773 g/mol. The molecule has 8 aromatic carbocycles. The predicted molar refractivity (Wildman–Crippen MR) is 241 cm³/mol. The molecule has 5 nitrogen and oxygen atoms in total. The van der Waals surface area contributed by atoms with Gasteiger partial charge in [0.05, 0.1) is 0 Å². The number of thiophene rings is 1. The van der Waals surface area contributed by atoms with Crippen LogP contribution in [0, 0.1) is 0 Å². The first-order chi connectivity index (χ1) is 29.0. The second-order valence-corrected chi connectivity index (χ2v) is 15.8. The summed E-state index contributed by atoms with van der Waals surface area (Å²) in [6, 6.07) is 63.9. The fourth-order valence-corrected chi connectivity index (χ4v) is 9.41. The lowest BCUT2D eigenvalue weighted by molar-refractivity contribution is -0.0691. The number of fused-ring (bicyclic) bond motifs is 6. The van der Waals surface area contributed by atoms with E-state index in [0.717, 1.165) is 55.6 Å². The third-order valence-corrected chi connectivity index (χ3v) is 12.3. The van der Waals surface area contributed by atoms with E-state index in [0.29, 0.717) is 28.8 Å². The number of rotatable bonds is 6. The van der Waals surface area contributed by atoms with E-state index in [1.807, 2.05) is 72.0 Å². The number of hydrogen-bond donors (Lipinski definition) is 1. The van der Waals surface area contributed by atoms with Crippen LogP contribution in [0.4, 0.5) is 0 Å². The van der Waals surface area contributed by atoms with Crippen LogP contribution in [0.3, 0.4) is 0 Å². The molecule has 1 aliphatic heterocycles. The maximum Gasteiger partial charge on any atom is 0.182 e. The van der Waals surface area contributed by atoms with Gasteiger partial charge in [0.1, 0.15) is 5.75 Å². The lowest BCUT2D eigenvalue weighted by atomic mass is 9.78. The summed E-state index contributed by atoms with van der Waals surface area (Å²) >= 11 is 1.82. The lowest BCUT2D eigenvalue weighted by Gasteiger charge is -2.35. The van der Waals surface area contributed by atoms with Crippen molar-refractivity contribution in [1.82, 2.24) is 15.0 Å². The molecule has 1 atom stereocenters. The van der Waals surface area contributed by atoms with Crippen molar-refractivity contribution in [2.45, 2.75) is 5.69 Å². The molecule has 2 radical (unpaired) electrons. The third-order valence-electron chi connectivity index (χ3n) is 11.0. The molecule has 0 spiro atoms. The molecule has 11 rings (SSSR count). The maximum absolute atomic E-state index is 11.0. The minimum absolute atomic E-state index is 0.517. The number of ether oxygens (including phenoxy) is 1. The average Bonchev–Trinajstić information content (AvgIpc) is 3.68. The number of benzene rings is 8. The Morgan fingerprint density at radius 2 is 0.966 bits per heavy atom. The first-order valence-corrected chi connectivity index (χ1v) is 20.3. The molecule has 3 heterocycles. The minimum Gasteiger partial charge on any atom is -0.467 e. The fraction of sp³-hybridized carbons (Fsp3) is 0.0192. The normalized spacial score (nSPS) is 14.5. The Kier molecular flexibility index (Phi) is 8.32. The molecule has 2 aromatic heterocycles. The quantitative estimate of drug-likeness (QED) is 0.170. The summed E-state index contributed by atoms with van der Waals surface area (Å²) in [5.74, 6) is 2.27. The Bertz CT molecular complexity index is 3220. The second kappa shape index (κ2) is 14.0. The van der Waals surface area contributed by atoms with Crippen molar-refractivity contribution in [3.05, 3.63) is 194 Å². The molecule has 0 saturated heterocycles. The molecule has 276 valence electrons. The predicted octanol–water partition coefficient (Wildman–Crippen LogP) is 12.6. The minimum atomic E-state index is -1.92. The second-order valence-electron chi connectivity index (χ2n) is 14.7. The van der Waals surface area contributed by atoms with E-state index in [2.05, 4.69) is 121 Å². The Hall–Kier alpha value is -7.19. The van der Waals surface area contributed by atoms with Gasteiger partial charge >= 0.3 is 0 Å². The molecular formula is C52H32BN3O2S. The zero-order valence-corrected chi connectivity index (χ0v) is 32.4. The van der Waals surface area contributed by atoms with Crippen molar-refractivity contribution in [1.29, 1.82) is 0 Å². The SMILES string of the molecule is [B]C1(O)Oc2cccc(-c3ccc(-c4nc(-c5ccc(-c6ccccc6)cc5)nc(-c5cccc(-c6cccc7c6sc6ccccc67)c5)n4)cc3)c2-c2ccccc21. The van der Waals surface area contributed by atoms with Crippen LogP contribution in [-0.2, 0) is 5.69 Å². The van der Waals surface area contributed by atoms with Crippen molar-refractivity contribution in [3.8, 4) is 84.4 Å². The van der Waals surface area contributed by atoms with Crippen LogP contribution in [0.2, 0.25) is 0 Å². The van der Waals surface area contributed by atoms with Crippen molar-refractivity contribution in [2.24, 2.45) is 0 Å². The molecule has 1 unspecified atom stereocenters. The third kappa shape index (κ3) is 6.19. The van der Waals surface area contributed by atoms with Gasteiger partial charge in [-0.25, -0.2) is 15.0 Å². The zero-order valence-electron chi connectivity index (χ0n) is 31.6. The highest BCUT2D eigenvalue weighted by Crippen LogP contribution is 2.48. The number of aliphatic hydroxyl groups is 1. The Balaban J connectivity index is 1.02. The van der Waals surface area contributed by atoms with E-state index >= 15 is 0 Å². The Morgan fingerprint density at radius 3 is 1.75 bits per heavy atom. The molecule has 0 fully saturated rings. The molecule has 7 heteroatoms. The number of hydrogen-bond acceptors (Lipinski definition) is 6. The van der Waals surface area contributed by atoms with Gasteiger partial charge in [0.2, 0.25) is 0 Å². The maximum atomic E-state index is 11.0. The highest BCUT2D eigenvalue weighted by molar-refractivity contribution is 7.26. The Labute approximate surface area is 346 Å². The summed E-state index contributed by atoms with van der Waals surface area (Å²) in [6.07, 6.45) is 0. The molecule has 0 amide bonds. The number of nitrogens with zero attached hydrogens (tertiary/aromatic N) is 3. The molecule has 0 bridgehead atoms. The van der Waals surface area contributed by atoms with Crippen molar-refractivity contribution in [3.63, 3.8) is 0 Å². The van der Waals surface area contributed by atoms with Gasteiger partial charge < -0.3 is 9.84 Å². The van der Waals surface area contributed by atoms with Crippen LogP contribution < -0.4 is 4.74 Å². The van der Waals surface area contributed by atoms with Gasteiger partial charge in [-0.2, -0.15) is 0 Å². The van der Waals surface area contributed by atoms with Crippen LogP contribution in [0.15, 0.2) is 188 Å². The summed E-state index contributed by atoms with van der Waals surface area (Å²) in [5.41, 5.74) is 9.42. The lowest BCUT2D eigenvalue weighted by Crippen LogP contribution is -2.36. The van der Waals surface area contributed by atoms with Gasteiger partial charge in [0.25, 0.3) is 0 Å². The van der Waals surface area contributed by atoms with Gasteiger partial charge in [-0.05, 0) is 57.1 Å². The summed E-state index contributed by atoms with van der Waals surface area (Å²) in [7, 11) is 6.21. The van der Waals surface area contributed by atoms with E-state index in [4.69, 9.17) is 27.5 Å². The van der Waals surface area contributed by atoms with Crippen LogP contribution in [0.5, 0.6) is 5.75 Å². The molecule has 59 heavy (non-hydrogen) atoms. The van der Waals surface area contributed by atoms with Gasteiger partial charge in [-0.3, -0.25) is 0 Å². The fourth-order valence-electron chi connectivity index (χ4n) is 8.18. The molecular weight excluding hydrogens is 741 g/mol. The van der Waals surface area contributed by atoms with Crippen LogP contribution in [-0.4, -0.2) is 27.9 Å². The van der Waals surface area contributed by atoms with E-state index in [1.54, 1.807) is 6.07 Å². The van der Waals surface area contributed by atoms with Crippen molar-refractivity contribution in [2.75, 3.05) is 0 Å². The smallest absolute Gasteiger partial charge is 0.182 e. The first-order valence-electron chi connectivity index (χ1n) is 19.4. The van der Waals surface area contributed by atoms with Gasteiger partial charge in [-0.15, -0.1) is 11.3 Å². The largest absolute Gasteiger partial charge is 0.467 e. The van der Waals surface area contributed by atoms with Crippen LogP contribution >= 0.6 is 11.3 Å². The summed E-state index contributed by atoms with van der Waals surface area (Å²) < 4.78 is 8.45. The highest BCUT2D eigenvalue weighted by atomic mass is 32.1. The highest BCUT2D eigenvalue weighted by Gasteiger charge is 2.35. The topological polar surface area (TPSA) is 68.1 Å². The average molecular weight is 774 g/mol. The van der Waals surface area contributed by atoms with Crippen LogP contribution in [0.25, 0.3) is 98.8 Å². The van der Waals surface area contributed by atoms with Crippen LogP contribution in [0.1, 0.15) is 5.56 Å². The van der Waals surface area contributed by atoms with Crippen molar-refractivity contribution < 1.29 is 9.84 Å². The number of aromatic nitrogens is 3. The summed E-state index contributed by atoms with van der Waals surface area (Å²) in [5, 5.41) is 13.5. The molecule has 1 N–H and O–H groups in total. The summed E-state index contributed by atoms with van der Waals surface area (Å²) in [4.78, 5) is 15.3. The molecule has 0 saturated carbocycles. The molecule has 1 aliphatic rings. The van der Waals surface area contributed by atoms with Gasteiger partial charge in [0, 0.05) is 48.0 Å². The molecule has 0 aliphatic carbocycles. The standard InChI is InChI=1S/C52H32BN3O2S/c53-52(57)44-20-6-4-16-43(44)47-39(17-10-21-45(47)58-52)34-25-29-36(30-26-34)50-54-49(35-27-23-33(24-28-35)32-11-2-1-3-12-32)55-51(56-50)38-14-8-13-37(31-38)40-18-9-19-42-41-15-5-7-22-46(41)59-48(40)42/h1-31,57H. The van der Waals surface area contributed by atoms with Crippen molar-refractivity contribution >= 4 is 39.4 Å². The van der Waals surface area contributed by atoms with Gasteiger partial charge in [-0.1, -0.05) is 170 Å².